The predicted octanol–water partition coefficient (Wildman–Crippen LogP) is 4.00. The van der Waals surface area contributed by atoms with E-state index in [0.29, 0.717) is 18.8 Å². The molecule has 1 N–H and O–H groups in total. The predicted molar refractivity (Wildman–Crippen MR) is 78.8 cm³/mol. The van der Waals surface area contributed by atoms with E-state index < -0.39 is 0 Å². The Hall–Kier alpha value is -1.38. The van der Waals surface area contributed by atoms with Crippen LogP contribution in [0.2, 0.25) is 0 Å². The van der Waals surface area contributed by atoms with Gasteiger partial charge in [-0.15, -0.1) is 0 Å². The summed E-state index contributed by atoms with van der Waals surface area (Å²) in [6.07, 6.45) is 2.03. The van der Waals surface area contributed by atoms with Gasteiger partial charge in [-0.2, -0.15) is 0 Å². The molecule has 0 aromatic heterocycles. The zero-order chi connectivity index (χ0) is 14.9. The van der Waals surface area contributed by atoms with Crippen LogP contribution in [0.5, 0.6) is 0 Å². The van der Waals surface area contributed by atoms with Gasteiger partial charge in [0.1, 0.15) is 5.82 Å². The standard InChI is InChI=1S/C17H24FNO/c1-11(17(2,3)4)10-16(20)19-15-9-8-12-13(15)6-5-7-14(12)18/h5-7,11,15H,8-10H2,1-4H3,(H,19,20). The van der Waals surface area contributed by atoms with Crippen LogP contribution in [0.4, 0.5) is 4.39 Å². The Labute approximate surface area is 120 Å². The van der Waals surface area contributed by atoms with E-state index in [2.05, 4.69) is 33.0 Å². The topological polar surface area (TPSA) is 29.1 Å². The normalized spacial score (nSPS) is 19.6. The summed E-state index contributed by atoms with van der Waals surface area (Å²) in [5.41, 5.74) is 1.83. The third kappa shape index (κ3) is 3.20. The zero-order valence-corrected chi connectivity index (χ0v) is 12.8. The molecule has 2 unspecified atom stereocenters. The molecule has 1 amide bonds. The van der Waals surface area contributed by atoms with Crippen LogP contribution in [0.15, 0.2) is 18.2 Å². The van der Waals surface area contributed by atoms with Gasteiger partial charge in [-0.25, -0.2) is 4.39 Å². The monoisotopic (exact) mass is 277 g/mol. The van der Waals surface area contributed by atoms with Crippen molar-refractivity contribution in [3.05, 3.63) is 35.1 Å². The number of carbonyl (C=O) groups excluding carboxylic acids is 1. The fraction of sp³-hybridized carbons (Fsp3) is 0.588. The van der Waals surface area contributed by atoms with E-state index in [4.69, 9.17) is 0 Å². The second-order valence-electron chi connectivity index (χ2n) is 6.94. The molecule has 0 spiro atoms. The second-order valence-corrected chi connectivity index (χ2v) is 6.94. The molecule has 2 nitrogen and oxygen atoms in total. The van der Waals surface area contributed by atoms with Crippen LogP contribution in [0, 0.1) is 17.2 Å². The van der Waals surface area contributed by atoms with E-state index in [-0.39, 0.29) is 23.2 Å². The number of fused-ring (bicyclic) bond motifs is 1. The first-order valence-electron chi connectivity index (χ1n) is 7.35. The van der Waals surface area contributed by atoms with Crippen molar-refractivity contribution in [3.63, 3.8) is 0 Å². The number of benzene rings is 1. The third-order valence-electron chi connectivity index (χ3n) is 4.52. The quantitative estimate of drug-likeness (QED) is 0.889. The lowest BCUT2D eigenvalue weighted by molar-refractivity contribution is -0.123. The molecule has 1 aromatic carbocycles. The Morgan fingerprint density at radius 1 is 1.45 bits per heavy atom. The van der Waals surface area contributed by atoms with Gasteiger partial charge in [0.05, 0.1) is 6.04 Å². The van der Waals surface area contributed by atoms with Crippen molar-refractivity contribution < 1.29 is 9.18 Å². The number of carbonyl (C=O) groups is 1. The molecule has 0 fully saturated rings. The summed E-state index contributed by atoms with van der Waals surface area (Å²) in [7, 11) is 0. The van der Waals surface area contributed by atoms with Crippen LogP contribution in [0.3, 0.4) is 0 Å². The van der Waals surface area contributed by atoms with Crippen LogP contribution < -0.4 is 5.32 Å². The molecular weight excluding hydrogens is 253 g/mol. The van der Waals surface area contributed by atoms with E-state index in [1.54, 1.807) is 6.07 Å². The highest BCUT2D eigenvalue weighted by atomic mass is 19.1. The van der Waals surface area contributed by atoms with Gasteiger partial charge < -0.3 is 5.32 Å². The Bertz CT molecular complexity index is 504. The molecule has 0 aliphatic heterocycles. The van der Waals surface area contributed by atoms with Crippen molar-refractivity contribution in [1.29, 1.82) is 0 Å². The average Bonchev–Trinajstić information content (AvgIpc) is 2.72. The summed E-state index contributed by atoms with van der Waals surface area (Å²) >= 11 is 0. The van der Waals surface area contributed by atoms with Gasteiger partial charge in [-0.1, -0.05) is 39.8 Å². The van der Waals surface area contributed by atoms with Gasteiger partial charge in [-0.05, 0) is 41.4 Å². The van der Waals surface area contributed by atoms with E-state index >= 15 is 0 Å². The Morgan fingerprint density at radius 2 is 2.15 bits per heavy atom. The highest BCUT2D eigenvalue weighted by Gasteiger charge is 2.28. The van der Waals surface area contributed by atoms with Crippen LogP contribution in [0.25, 0.3) is 0 Å². The molecule has 20 heavy (non-hydrogen) atoms. The maximum Gasteiger partial charge on any atom is 0.220 e. The Kier molecular flexibility index (Phi) is 4.17. The van der Waals surface area contributed by atoms with Gasteiger partial charge in [0.25, 0.3) is 0 Å². The summed E-state index contributed by atoms with van der Waals surface area (Å²) in [4.78, 5) is 12.1. The van der Waals surface area contributed by atoms with E-state index in [0.717, 1.165) is 17.5 Å². The molecule has 0 radical (unpaired) electrons. The molecule has 0 bridgehead atoms. The highest BCUT2D eigenvalue weighted by Crippen LogP contribution is 2.33. The molecule has 2 atom stereocenters. The molecule has 1 aromatic rings. The van der Waals surface area contributed by atoms with Crippen molar-refractivity contribution >= 4 is 5.91 Å². The first-order chi connectivity index (χ1) is 9.29. The van der Waals surface area contributed by atoms with Gasteiger partial charge in [-0.3, -0.25) is 4.79 Å². The van der Waals surface area contributed by atoms with Crippen LogP contribution in [-0.4, -0.2) is 5.91 Å². The summed E-state index contributed by atoms with van der Waals surface area (Å²) in [6.45, 7) is 8.53. The second kappa shape index (κ2) is 5.55. The zero-order valence-electron chi connectivity index (χ0n) is 12.8. The fourth-order valence-electron chi connectivity index (χ4n) is 2.60. The lowest BCUT2D eigenvalue weighted by Gasteiger charge is -2.27. The van der Waals surface area contributed by atoms with E-state index in [1.807, 2.05) is 6.07 Å². The first-order valence-corrected chi connectivity index (χ1v) is 7.35. The number of amides is 1. The number of hydrogen-bond acceptors (Lipinski definition) is 1. The summed E-state index contributed by atoms with van der Waals surface area (Å²) in [5, 5.41) is 3.06. The van der Waals surface area contributed by atoms with Crippen molar-refractivity contribution in [1.82, 2.24) is 5.32 Å². The van der Waals surface area contributed by atoms with E-state index in [9.17, 15) is 9.18 Å². The third-order valence-corrected chi connectivity index (χ3v) is 4.52. The molecule has 0 saturated carbocycles. The number of halogens is 1. The molecule has 0 heterocycles. The van der Waals surface area contributed by atoms with Crippen LogP contribution in [0.1, 0.15) is 57.7 Å². The van der Waals surface area contributed by atoms with Gasteiger partial charge >= 0.3 is 0 Å². The minimum absolute atomic E-state index is 0.0274. The average molecular weight is 277 g/mol. The van der Waals surface area contributed by atoms with Crippen LogP contribution >= 0.6 is 0 Å². The maximum absolute atomic E-state index is 13.7. The lowest BCUT2D eigenvalue weighted by Crippen LogP contribution is -2.31. The van der Waals surface area contributed by atoms with Gasteiger partial charge in [0, 0.05) is 6.42 Å². The molecule has 2 rings (SSSR count). The van der Waals surface area contributed by atoms with Gasteiger partial charge in [0.2, 0.25) is 5.91 Å². The molecular formula is C17H24FNO. The molecule has 1 aliphatic rings. The van der Waals surface area contributed by atoms with Crippen molar-refractivity contribution in [2.45, 2.75) is 53.0 Å². The molecule has 0 saturated heterocycles. The molecule has 1 aliphatic carbocycles. The summed E-state index contributed by atoms with van der Waals surface area (Å²) in [5.74, 6) is 0.229. The Balaban J connectivity index is 2.00. The minimum Gasteiger partial charge on any atom is -0.349 e. The van der Waals surface area contributed by atoms with Crippen molar-refractivity contribution in [2.24, 2.45) is 11.3 Å². The summed E-state index contributed by atoms with van der Waals surface area (Å²) in [6, 6.07) is 5.10. The van der Waals surface area contributed by atoms with Crippen molar-refractivity contribution in [2.75, 3.05) is 0 Å². The number of hydrogen-bond donors (Lipinski definition) is 1. The first kappa shape index (κ1) is 15.0. The lowest BCUT2D eigenvalue weighted by atomic mass is 9.80. The fourth-order valence-corrected chi connectivity index (χ4v) is 2.60. The molecule has 110 valence electrons. The largest absolute Gasteiger partial charge is 0.349 e. The summed E-state index contributed by atoms with van der Waals surface area (Å²) < 4.78 is 13.7. The van der Waals surface area contributed by atoms with Gasteiger partial charge in [0.15, 0.2) is 0 Å². The van der Waals surface area contributed by atoms with Crippen LogP contribution in [-0.2, 0) is 11.2 Å². The Morgan fingerprint density at radius 3 is 2.80 bits per heavy atom. The number of rotatable bonds is 3. The van der Waals surface area contributed by atoms with Crippen molar-refractivity contribution in [3.8, 4) is 0 Å². The highest BCUT2D eigenvalue weighted by molar-refractivity contribution is 5.77. The smallest absolute Gasteiger partial charge is 0.220 e. The van der Waals surface area contributed by atoms with E-state index in [1.165, 1.54) is 6.07 Å². The number of nitrogens with one attached hydrogen (secondary N) is 1. The SMILES string of the molecule is CC(CC(=O)NC1CCc2c(F)cccc21)C(C)(C)C. The maximum atomic E-state index is 13.7. The molecule has 3 heteroatoms. The minimum atomic E-state index is -0.151.